The van der Waals surface area contributed by atoms with Gasteiger partial charge in [-0.25, -0.2) is 0 Å². The SMILES string of the molecule is CC(=O)[C@H](Cc1ccc2ccccc2c1)C(=O)N[C@H](Cc1ccc(Cl)cc1)C(=O)N[C@H](Cc1cccnc1)C(=O)N[C@@H](CO)C(=O)N[C@@H](CCCCNC(C)C)C(=O)N[C@H](CCCCNC(C)C)C(=O)N[C@@H](CC(C)C)C(=O)N[C@@H](CCCCNC(C)C)C(=O)N1CCC[C@H]1C(=O)N[C@H](C)C(N)=O. The van der Waals surface area contributed by atoms with Crippen LogP contribution < -0.4 is 64.2 Å². The Morgan fingerprint density at radius 1 is 0.515 bits per heavy atom. The van der Waals surface area contributed by atoms with Crippen molar-refractivity contribution in [2.45, 2.75) is 238 Å². The molecule has 4 aromatic rings. The smallest absolute Gasteiger partial charge is 0.245 e. The Balaban J connectivity index is 1.41. The molecule has 14 N–H and O–H groups in total. The van der Waals surface area contributed by atoms with E-state index in [4.69, 9.17) is 17.3 Å². The molecule has 1 aromatic heterocycles. The number of ketones is 1. The van der Waals surface area contributed by atoms with Crippen LogP contribution in [-0.2, 0) is 72.0 Å². The second kappa shape index (κ2) is 44.3. The van der Waals surface area contributed by atoms with Gasteiger partial charge in [0.05, 0.1) is 6.61 Å². The Kier molecular flexibility index (Phi) is 36.6. The average molecular weight is 1450 g/mol. The molecule has 103 heavy (non-hydrogen) atoms. The molecular weight excluding hydrogens is 1340 g/mol. The second-order valence-electron chi connectivity index (χ2n) is 28.3. The van der Waals surface area contributed by atoms with Crippen molar-refractivity contribution in [1.82, 2.24) is 68.4 Å². The Morgan fingerprint density at radius 2 is 0.981 bits per heavy atom. The van der Waals surface area contributed by atoms with Gasteiger partial charge in [0.15, 0.2) is 0 Å². The number of nitrogens with zero attached hydrogens (tertiary/aromatic N) is 2. The third-order valence-electron chi connectivity index (χ3n) is 17.9. The molecule has 0 radical (unpaired) electrons. The summed E-state index contributed by atoms with van der Waals surface area (Å²) in [6.45, 7) is 19.5. The van der Waals surface area contributed by atoms with E-state index in [9.17, 15) is 57.8 Å². The van der Waals surface area contributed by atoms with Gasteiger partial charge in [-0.05, 0) is 169 Å². The summed E-state index contributed by atoms with van der Waals surface area (Å²) in [4.78, 5) is 162. The maximum Gasteiger partial charge on any atom is 0.245 e. The number of Topliss-reactive ketones (excluding diaryl/α,β-unsaturated/α-hetero) is 1. The molecule has 5 rings (SSSR count). The second-order valence-corrected chi connectivity index (χ2v) is 28.8. The molecule has 0 spiro atoms. The largest absolute Gasteiger partial charge is 0.394 e. The molecule has 10 amide bonds. The number of halogens is 1. The first-order valence-electron chi connectivity index (χ1n) is 36.5. The van der Waals surface area contributed by atoms with Gasteiger partial charge in [-0.1, -0.05) is 128 Å². The number of likely N-dealkylation sites (tertiary alicyclic amines) is 1. The standard InChI is InChI=1S/C76H113ClN14O12/c1-46(2)39-62(71(98)86-61(26-15-18-37-82-49(7)8)76(103)91-38-20-27-66(91)75(102)83-50(9)67(78)94)88-70(97)60(25-14-17-36-81-48(5)6)84-69(96)59(24-13-16-35-80-47(3)4)85-74(101)65(45-92)90-73(100)64(43-54-21-19-34-79-44-54)89-72(99)63(42-52-29-32-57(77)33-30-52)87-68(95)58(51(10)93)41-53-28-31-55-22-11-12-23-56(55)40-53/h11-12,19,21-23,28-34,40,44,46-50,58-66,80-82,92H,13-18,20,24-27,35-39,41-43,45H2,1-10H3,(H2,78,94)(H,83,102)(H,84,96)(H,85,101)(H,86,98)(H,87,95)(H,88,97)(H,89,99)(H,90,100)/t50-,58+,59+,60-,61+,62+,63-,64-,65+,66+/m1/s1. The maximum atomic E-state index is 14.9. The number of nitrogens with two attached hydrogens (primary N) is 1. The molecule has 1 fully saturated rings. The minimum absolute atomic E-state index is 0.0278. The number of primary amides is 1. The van der Waals surface area contributed by atoms with Crippen LogP contribution in [0.4, 0.5) is 0 Å². The van der Waals surface area contributed by atoms with Gasteiger partial charge in [-0.15, -0.1) is 0 Å². The first kappa shape index (κ1) is 85.2. The lowest BCUT2D eigenvalue weighted by molar-refractivity contribution is -0.142. The fraction of sp³-hybridized carbons (Fsp3) is 0.579. The maximum absolute atomic E-state index is 14.9. The van der Waals surface area contributed by atoms with Gasteiger partial charge in [0.2, 0.25) is 59.1 Å². The van der Waals surface area contributed by atoms with Crippen LogP contribution in [0.25, 0.3) is 10.8 Å². The number of carbonyl (C=O) groups excluding carboxylic acids is 11. The summed E-state index contributed by atoms with van der Waals surface area (Å²) in [6.07, 6.45) is 7.14. The molecule has 1 saturated heterocycles. The Bertz CT molecular complexity index is 3420. The van der Waals surface area contributed by atoms with Gasteiger partial charge in [0.25, 0.3) is 0 Å². The number of unbranched alkanes of at least 4 members (excludes halogenated alkanes) is 3. The van der Waals surface area contributed by atoms with E-state index in [1.807, 2.05) is 97.9 Å². The zero-order valence-electron chi connectivity index (χ0n) is 61.7. The van der Waals surface area contributed by atoms with E-state index in [0.29, 0.717) is 92.7 Å². The molecule has 26 nitrogen and oxygen atoms in total. The van der Waals surface area contributed by atoms with Crippen molar-refractivity contribution >= 4 is 87.2 Å². The van der Waals surface area contributed by atoms with Crippen LogP contribution in [0.5, 0.6) is 0 Å². The minimum Gasteiger partial charge on any atom is -0.394 e. The summed E-state index contributed by atoms with van der Waals surface area (Å²) in [5.74, 6) is -9.22. The lowest BCUT2D eigenvalue weighted by atomic mass is 9.93. The molecule has 1 aliphatic heterocycles. The molecule has 27 heteroatoms. The number of pyridine rings is 1. The van der Waals surface area contributed by atoms with E-state index in [1.54, 1.807) is 36.4 Å². The number of hydrogen-bond acceptors (Lipinski definition) is 16. The van der Waals surface area contributed by atoms with Crippen molar-refractivity contribution in [3.05, 3.63) is 113 Å². The van der Waals surface area contributed by atoms with Crippen molar-refractivity contribution in [2.75, 3.05) is 32.8 Å². The number of nitrogens with one attached hydrogen (secondary N) is 11. The summed E-state index contributed by atoms with van der Waals surface area (Å²) < 4.78 is 0. The predicted molar refractivity (Wildman–Crippen MR) is 397 cm³/mol. The number of fused-ring (bicyclic) bond motifs is 1. The van der Waals surface area contributed by atoms with Crippen molar-refractivity contribution in [2.24, 2.45) is 17.6 Å². The topological polar surface area (TPSA) is 382 Å². The number of amides is 10. The van der Waals surface area contributed by atoms with Crippen LogP contribution in [0.15, 0.2) is 91.3 Å². The lowest BCUT2D eigenvalue weighted by Gasteiger charge is -2.31. The zero-order chi connectivity index (χ0) is 75.7. The van der Waals surface area contributed by atoms with E-state index in [0.717, 1.165) is 10.8 Å². The van der Waals surface area contributed by atoms with Crippen molar-refractivity contribution in [3.63, 3.8) is 0 Å². The lowest BCUT2D eigenvalue weighted by Crippen LogP contribution is -2.61. The van der Waals surface area contributed by atoms with Crippen LogP contribution >= 0.6 is 11.6 Å². The fourth-order valence-corrected chi connectivity index (χ4v) is 12.3. The molecule has 0 aliphatic carbocycles. The Labute approximate surface area is 612 Å². The number of benzene rings is 3. The third kappa shape index (κ3) is 30.1. The van der Waals surface area contributed by atoms with Gasteiger partial charge in [-0.2, -0.15) is 0 Å². The number of hydrogen-bond donors (Lipinski definition) is 13. The molecule has 0 bridgehead atoms. The molecule has 1 aliphatic rings. The summed E-state index contributed by atoms with van der Waals surface area (Å²) in [5.41, 5.74) is 7.23. The van der Waals surface area contributed by atoms with E-state index in [2.05, 4.69) is 63.5 Å². The molecule has 0 saturated carbocycles. The van der Waals surface area contributed by atoms with E-state index in [1.165, 1.54) is 31.1 Å². The number of rotatable bonds is 46. The van der Waals surface area contributed by atoms with Gasteiger partial charge in [0, 0.05) is 54.9 Å². The number of aliphatic hydroxyl groups is 1. The highest BCUT2D eigenvalue weighted by Crippen LogP contribution is 2.23. The first-order valence-corrected chi connectivity index (χ1v) is 36.9. The van der Waals surface area contributed by atoms with Crippen LogP contribution in [0.3, 0.4) is 0 Å². The first-order chi connectivity index (χ1) is 49.0. The van der Waals surface area contributed by atoms with E-state index in [-0.39, 0.29) is 75.5 Å². The predicted octanol–water partition coefficient (Wildman–Crippen LogP) is 4.04. The summed E-state index contributed by atoms with van der Waals surface area (Å²) in [7, 11) is 0. The van der Waals surface area contributed by atoms with Gasteiger partial charge in [0.1, 0.15) is 66.1 Å². The van der Waals surface area contributed by atoms with Crippen molar-refractivity contribution in [3.8, 4) is 0 Å². The molecular formula is C76H113ClN14O12. The van der Waals surface area contributed by atoms with Gasteiger partial charge >= 0.3 is 0 Å². The van der Waals surface area contributed by atoms with Crippen molar-refractivity contribution < 1.29 is 57.8 Å². The van der Waals surface area contributed by atoms with E-state index < -0.39 is 132 Å². The minimum atomic E-state index is -1.72. The van der Waals surface area contributed by atoms with Crippen LogP contribution in [0, 0.1) is 11.8 Å². The molecule has 566 valence electrons. The summed E-state index contributed by atoms with van der Waals surface area (Å²) in [6, 6.07) is 12.3. The van der Waals surface area contributed by atoms with Crippen LogP contribution in [-0.4, -0.2) is 185 Å². The highest BCUT2D eigenvalue weighted by Gasteiger charge is 2.40. The average Bonchev–Trinajstić information content (AvgIpc) is 1.82. The van der Waals surface area contributed by atoms with Crippen LogP contribution in [0.1, 0.15) is 163 Å². The van der Waals surface area contributed by atoms with Gasteiger partial charge in [-0.3, -0.25) is 57.7 Å². The number of carbonyl (C=O) groups is 11. The molecule has 10 atom stereocenters. The monoisotopic (exact) mass is 1450 g/mol. The summed E-state index contributed by atoms with van der Waals surface area (Å²) in [5, 5.41) is 45.4. The number of aromatic nitrogens is 1. The summed E-state index contributed by atoms with van der Waals surface area (Å²) >= 11 is 6.25. The molecule has 0 unspecified atom stereocenters. The van der Waals surface area contributed by atoms with Gasteiger partial charge < -0.3 is 74.2 Å². The van der Waals surface area contributed by atoms with E-state index >= 15 is 0 Å². The zero-order valence-corrected chi connectivity index (χ0v) is 62.4. The Morgan fingerprint density at radius 3 is 1.50 bits per heavy atom. The highest BCUT2D eigenvalue weighted by molar-refractivity contribution is 6.30. The number of aliphatic hydroxyl groups excluding tert-OH is 1. The molecule has 2 heterocycles. The normalized spacial score (nSPS) is 15.6. The Hall–Kier alpha value is -8.43. The fourth-order valence-electron chi connectivity index (χ4n) is 12.1. The third-order valence-corrected chi connectivity index (χ3v) is 18.2. The van der Waals surface area contributed by atoms with Crippen LogP contribution in [0.2, 0.25) is 5.02 Å². The highest BCUT2D eigenvalue weighted by atomic mass is 35.5. The molecule has 3 aromatic carbocycles. The quantitative estimate of drug-likeness (QED) is 0.0219. The van der Waals surface area contributed by atoms with Crippen molar-refractivity contribution in [1.29, 1.82) is 0 Å².